The molecule has 11 nitrogen and oxygen atoms in total. The fourth-order valence-electron chi connectivity index (χ4n) is 2.05. The molecular formula is C13H13Cl2N9O2. The van der Waals surface area contributed by atoms with Gasteiger partial charge in [0, 0.05) is 0 Å². The Balaban J connectivity index is 1.97. The van der Waals surface area contributed by atoms with Crippen LogP contribution in [0.15, 0.2) is 24.0 Å². The van der Waals surface area contributed by atoms with Crippen LogP contribution in [-0.2, 0) is 0 Å². The highest BCUT2D eigenvalue weighted by atomic mass is 35.5. The average Bonchev–Trinajstić information content (AvgIpc) is 2.60. The lowest BCUT2D eigenvalue weighted by molar-refractivity contribution is 0.378. The number of rotatable bonds is 5. The van der Waals surface area contributed by atoms with Crippen LogP contribution in [0.25, 0.3) is 0 Å². The van der Waals surface area contributed by atoms with Crippen LogP contribution in [0.1, 0.15) is 0 Å². The van der Waals surface area contributed by atoms with Gasteiger partial charge >= 0.3 is 12.0 Å². The van der Waals surface area contributed by atoms with E-state index in [9.17, 15) is 0 Å². The molecule has 3 heterocycles. The standard InChI is InChI=1S/C13H13Cl2N9O2/c1-25-12-20-8(14)18-10(22-12)17-7-5-3-4-6(16)24(7)11-19-9(15)21-13(23-11)26-2/h3-6H,16H2,1-2H3,(H,17,18,20,22). The van der Waals surface area contributed by atoms with E-state index >= 15 is 0 Å². The molecule has 0 fully saturated rings. The van der Waals surface area contributed by atoms with Gasteiger partial charge in [-0.05, 0) is 35.4 Å². The summed E-state index contributed by atoms with van der Waals surface area (Å²) >= 11 is 11.8. The SMILES string of the molecule is COc1nc(Cl)nc(NC2=CC=CC(N)N2c2nc(Cl)nc(OC)n2)n1. The van der Waals surface area contributed by atoms with Crippen LogP contribution in [-0.4, -0.2) is 50.3 Å². The van der Waals surface area contributed by atoms with Crippen molar-refractivity contribution in [2.45, 2.75) is 6.17 Å². The average molecular weight is 398 g/mol. The summed E-state index contributed by atoms with van der Waals surface area (Å²) in [7, 11) is 2.83. The molecule has 0 saturated heterocycles. The third-order valence-electron chi connectivity index (χ3n) is 3.10. The van der Waals surface area contributed by atoms with Crippen molar-refractivity contribution < 1.29 is 9.47 Å². The molecule has 0 spiro atoms. The van der Waals surface area contributed by atoms with Crippen LogP contribution in [0, 0.1) is 0 Å². The third-order valence-corrected chi connectivity index (χ3v) is 3.44. The van der Waals surface area contributed by atoms with E-state index in [1.54, 1.807) is 23.1 Å². The molecule has 1 aliphatic rings. The van der Waals surface area contributed by atoms with Gasteiger partial charge in [-0.1, -0.05) is 6.08 Å². The van der Waals surface area contributed by atoms with Crippen molar-refractivity contribution in [1.29, 1.82) is 0 Å². The maximum atomic E-state index is 6.15. The lowest BCUT2D eigenvalue weighted by Crippen LogP contribution is -2.44. The Morgan fingerprint density at radius 2 is 1.65 bits per heavy atom. The molecule has 3 rings (SSSR count). The maximum Gasteiger partial charge on any atom is 0.322 e. The number of nitrogens with zero attached hydrogens (tertiary/aromatic N) is 7. The summed E-state index contributed by atoms with van der Waals surface area (Å²) in [6.07, 6.45) is 4.61. The fraction of sp³-hybridized carbons (Fsp3) is 0.231. The molecule has 0 amide bonds. The first-order valence-electron chi connectivity index (χ1n) is 7.11. The zero-order chi connectivity index (χ0) is 18.7. The number of methoxy groups -OCH3 is 2. The largest absolute Gasteiger partial charge is 0.467 e. The van der Waals surface area contributed by atoms with E-state index in [4.69, 9.17) is 38.4 Å². The quantitative estimate of drug-likeness (QED) is 0.746. The number of halogens is 2. The van der Waals surface area contributed by atoms with E-state index in [1.165, 1.54) is 14.2 Å². The minimum atomic E-state index is -0.593. The van der Waals surface area contributed by atoms with Crippen LogP contribution in [0.4, 0.5) is 11.9 Å². The summed E-state index contributed by atoms with van der Waals surface area (Å²) in [5, 5.41) is 2.90. The number of hydrogen-bond donors (Lipinski definition) is 2. The molecule has 1 aliphatic heterocycles. The Kier molecular flexibility index (Phi) is 5.30. The van der Waals surface area contributed by atoms with Gasteiger partial charge in [-0.15, -0.1) is 0 Å². The Bertz CT molecular complexity index is 877. The summed E-state index contributed by atoms with van der Waals surface area (Å²) in [5.41, 5.74) is 6.15. The number of hydrogen-bond acceptors (Lipinski definition) is 11. The summed E-state index contributed by atoms with van der Waals surface area (Å²) in [5.74, 6) is 0.783. The van der Waals surface area contributed by atoms with Gasteiger partial charge in [0.05, 0.1) is 14.2 Å². The van der Waals surface area contributed by atoms with Crippen LogP contribution >= 0.6 is 23.2 Å². The molecule has 0 saturated carbocycles. The minimum Gasteiger partial charge on any atom is -0.467 e. The Hall–Kier alpha value is -2.76. The van der Waals surface area contributed by atoms with Gasteiger partial charge in [-0.25, -0.2) is 0 Å². The number of nitrogens with two attached hydrogens (primary N) is 1. The molecular weight excluding hydrogens is 385 g/mol. The first-order valence-corrected chi connectivity index (χ1v) is 7.87. The lowest BCUT2D eigenvalue weighted by Gasteiger charge is -2.31. The lowest BCUT2D eigenvalue weighted by atomic mass is 10.3. The summed E-state index contributed by atoms with van der Waals surface area (Å²) < 4.78 is 10.0. The highest BCUT2D eigenvalue weighted by molar-refractivity contribution is 6.28. The zero-order valence-corrected chi connectivity index (χ0v) is 15.1. The summed E-state index contributed by atoms with van der Waals surface area (Å²) in [4.78, 5) is 25.5. The molecule has 3 N–H and O–H groups in total. The molecule has 0 aliphatic carbocycles. The molecule has 0 bridgehead atoms. The highest BCUT2D eigenvalue weighted by Crippen LogP contribution is 2.24. The monoisotopic (exact) mass is 397 g/mol. The third kappa shape index (κ3) is 3.90. The molecule has 26 heavy (non-hydrogen) atoms. The van der Waals surface area contributed by atoms with Gasteiger partial charge in [-0.2, -0.15) is 29.9 Å². The van der Waals surface area contributed by atoms with E-state index < -0.39 is 6.17 Å². The van der Waals surface area contributed by atoms with Gasteiger partial charge in [-0.3, -0.25) is 4.90 Å². The molecule has 1 atom stereocenters. The number of ether oxygens (including phenoxy) is 2. The predicted molar refractivity (Wildman–Crippen MR) is 94.1 cm³/mol. The van der Waals surface area contributed by atoms with E-state index in [1.807, 2.05) is 0 Å². The fourth-order valence-corrected chi connectivity index (χ4v) is 2.35. The molecule has 2 aromatic heterocycles. The molecule has 136 valence electrons. The van der Waals surface area contributed by atoms with E-state index in [0.717, 1.165) is 0 Å². The van der Waals surface area contributed by atoms with Gasteiger partial charge in [0.25, 0.3) is 0 Å². The smallest absolute Gasteiger partial charge is 0.322 e. The second kappa shape index (κ2) is 7.64. The predicted octanol–water partition coefficient (Wildman–Crippen LogP) is 0.995. The van der Waals surface area contributed by atoms with Gasteiger partial charge in [0.15, 0.2) is 0 Å². The number of nitrogens with one attached hydrogen (secondary N) is 1. The molecule has 2 aromatic rings. The first-order chi connectivity index (χ1) is 12.5. The van der Waals surface area contributed by atoms with E-state index in [-0.39, 0.29) is 34.5 Å². The van der Waals surface area contributed by atoms with Crippen molar-refractivity contribution in [1.82, 2.24) is 29.9 Å². The molecule has 0 aromatic carbocycles. The van der Waals surface area contributed by atoms with Crippen LogP contribution in [0.3, 0.4) is 0 Å². The first kappa shape index (κ1) is 18.0. The normalized spacial score (nSPS) is 16.3. The van der Waals surface area contributed by atoms with Crippen molar-refractivity contribution in [3.63, 3.8) is 0 Å². The number of allylic oxidation sites excluding steroid dienone is 2. The zero-order valence-electron chi connectivity index (χ0n) is 13.6. The second-order valence-electron chi connectivity index (χ2n) is 4.73. The van der Waals surface area contributed by atoms with Crippen molar-refractivity contribution in [3.8, 4) is 12.0 Å². The van der Waals surface area contributed by atoms with Crippen LogP contribution in [0.5, 0.6) is 12.0 Å². The van der Waals surface area contributed by atoms with Gasteiger partial charge < -0.3 is 20.5 Å². The number of aromatic nitrogens is 6. The minimum absolute atomic E-state index is 0.0352. The van der Waals surface area contributed by atoms with Crippen molar-refractivity contribution >= 4 is 35.1 Å². The van der Waals surface area contributed by atoms with Crippen LogP contribution < -0.4 is 25.4 Å². The second-order valence-corrected chi connectivity index (χ2v) is 5.40. The van der Waals surface area contributed by atoms with E-state index in [2.05, 4.69) is 35.2 Å². The van der Waals surface area contributed by atoms with E-state index in [0.29, 0.717) is 5.82 Å². The summed E-state index contributed by atoms with van der Waals surface area (Å²) in [6.45, 7) is 0. The van der Waals surface area contributed by atoms with Crippen molar-refractivity contribution in [2.24, 2.45) is 5.73 Å². The van der Waals surface area contributed by atoms with Gasteiger partial charge in [0.1, 0.15) is 12.0 Å². The molecule has 13 heteroatoms. The Morgan fingerprint density at radius 1 is 1.00 bits per heavy atom. The van der Waals surface area contributed by atoms with Crippen LogP contribution in [0.2, 0.25) is 10.6 Å². The summed E-state index contributed by atoms with van der Waals surface area (Å²) in [6, 6.07) is 0.103. The molecule has 0 radical (unpaired) electrons. The number of anilines is 2. The Morgan fingerprint density at radius 3 is 2.35 bits per heavy atom. The Labute approximate surface area is 157 Å². The maximum absolute atomic E-state index is 6.15. The highest BCUT2D eigenvalue weighted by Gasteiger charge is 2.25. The molecule has 1 unspecified atom stereocenters. The van der Waals surface area contributed by atoms with Crippen molar-refractivity contribution in [2.75, 3.05) is 24.4 Å². The van der Waals surface area contributed by atoms with Crippen molar-refractivity contribution in [3.05, 3.63) is 34.6 Å². The topological polar surface area (TPSA) is 137 Å². The van der Waals surface area contributed by atoms with Gasteiger partial charge in [0.2, 0.25) is 22.5 Å².